The molecule has 0 spiro atoms. The fourth-order valence-corrected chi connectivity index (χ4v) is 4.06. The Labute approximate surface area is 104 Å². The second kappa shape index (κ2) is 4.69. The number of para-hydroxylation sites is 1. The van der Waals surface area contributed by atoms with Crippen LogP contribution >= 0.6 is 0 Å². The summed E-state index contributed by atoms with van der Waals surface area (Å²) >= 11 is 0. The molecule has 0 radical (unpaired) electrons. The quantitative estimate of drug-likeness (QED) is 0.829. The molecule has 1 saturated heterocycles. The molecule has 1 fully saturated rings. The maximum Gasteiger partial charge on any atom is 0.235 e. The average molecular weight is 253 g/mol. The van der Waals surface area contributed by atoms with Gasteiger partial charge in [-0.05, 0) is 30.4 Å². The number of anilines is 1. The van der Waals surface area contributed by atoms with Gasteiger partial charge in [-0.3, -0.25) is 4.31 Å². The largest absolute Gasteiger partial charge is 0.270 e. The third-order valence-electron chi connectivity index (χ3n) is 3.31. The Bertz CT molecular complexity index is 486. The molecule has 94 valence electrons. The predicted molar refractivity (Wildman–Crippen MR) is 70.9 cm³/mol. The molecule has 0 aliphatic carbocycles. The van der Waals surface area contributed by atoms with Crippen molar-refractivity contribution in [3.05, 3.63) is 29.3 Å². The average Bonchev–Trinajstić information content (AvgIpc) is 2.67. The van der Waals surface area contributed by atoms with Crippen molar-refractivity contribution in [1.29, 1.82) is 0 Å². The smallest absolute Gasteiger partial charge is 0.235 e. The summed E-state index contributed by atoms with van der Waals surface area (Å²) in [5.41, 5.74) is 3.21. The summed E-state index contributed by atoms with van der Waals surface area (Å²) in [7, 11) is -3.07. The van der Waals surface area contributed by atoms with Gasteiger partial charge >= 0.3 is 0 Å². The van der Waals surface area contributed by atoms with Gasteiger partial charge in [0.25, 0.3) is 0 Å². The first-order valence-corrected chi connectivity index (χ1v) is 7.82. The van der Waals surface area contributed by atoms with Gasteiger partial charge in [-0.15, -0.1) is 0 Å². The first kappa shape index (κ1) is 12.4. The van der Waals surface area contributed by atoms with Crippen molar-refractivity contribution in [3.63, 3.8) is 0 Å². The van der Waals surface area contributed by atoms with Crippen LogP contribution in [0, 0.1) is 0 Å². The summed E-state index contributed by atoms with van der Waals surface area (Å²) < 4.78 is 25.7. The number of nitrogens with zero attached hydrogens (tertiary/aromatic N) is 1. The van der Waals surface area contributed by atoms with Crippen LogP contribution in [-0.2, 0) is 22.9 Å². The van der Waals surface area contributed by atoms with Crippen LogP contribution in [0.2, 0.25) is 0 Å². The van der Waals surface area contributed by atoms with Crippen molar-refractivity contribution in [2.24, 2.45) is 0 Å². The number of hydrogen-bond donors (Lipinski definition) is 0. The van der Waals surface area contributed by atoms with Crippen LogP contribution in [0.3, 0.4) is 0 Å². The minimum Gasteiger partial charge on any atom is -0.270 e. The van der Waals surface area contributed by atoms with Gasteiger partial charge in [0, 0.05) is 6.54 Å². The van der Waals surface area contributed by atoms with Crippen LogP contribution in [0.15, 0.2) is 18.2 Å². The Morgan fingerprint density at radius 1 is 1.18 bits per heavy atom. The molecule has 1 aromatic rings. The summed E-state index contributed by atoms with van der Waals surface area (Å²) in [6, 6.07) is 6.08. The fourth-order valence-electron chi connectivity index (χ4n) is 2.43. The first-order chi connectivity index (χ1) is 8.10. The van der Waals surface area contributed by atoms with Crippen molar-refractivity contribution in [2.45, 2.75) is 33.1 Å². The molecule has 1 aliphatic rings. The molecule has 0 saturated carbocycles. The number of aryl methyl sites for hydroxylation is 2. The minimum atomic E-state index is -3.07. The van der Waals surface area contributed by atoms with E-state index in [1.165, 1.54) is 0 Å². The molecule has 0 bridgehead atoms. The topological polar surface area (TPSA) is 37.4 Å². The molecule has 1 aliphatic heterocycles. The molecule has 17 heavy (non-hydrogen) atoms. The number of rotatable bonds is 3. The van der Waals surface area contributed by atoms with Crippen LogP contribution in [0.4, 0.5) is 5.69 Å². The van der Waals surface area contributed by atoms with Gasteiger partial charge in [-0.2, -0.15) is 0 Å². The Morgan fingerprint density at radius 2 is 1.76 bits per heavy atom. The van der Waals surface area contributed by atoms with Crippen LogP contribution in [0.25, 0.3) is 0 Å². The van der Waals surface area contributed by atoms with E-state index in [9.17, 15) is 8.42 Å². The molecule has 0 amide bonds. The van der Waals surface area contributed by atoms with Crippen molar-refractivity contribution in [2.75, 3.05) is 16.6 Å². The molecule has 3 nitrogen and oxygen atoms in total. The molecule has 1 aromatic carbocycles. The van der Waals surface area contributed by atoms with Crippen molar-refractivity contribution in [1.82, 2.24) is 0 Å². The van der Waals surface area contributed by atoms with E-state index in [1.807, 2.05) is 18.2 Å². The van der Waals surface area contributed by atoms with Gasteiger partial charge < -0.3 is 0 Å². The lowest BCUT2D eigenvalue weighted by molar-refractivity contribution is 0.599. The third-order valence-corrected chi connectivity index (χ3v) is 5.15. The van der Waals surface area contributed by atoms with Gasteiger partial charge in [0.05, 0.1) is 11.4 Å². The lowest BCUT2D eigenvalue weighted by atomic mass is 10.0. The highest BCUT2D eigenvalue weighted by atomic mass is 32.2. The highest BCUT2D eigenvalue weighted by Gasteiger charge is 2.30. The molecule has 0 N–H and O–H groups in total. The van der Waals surface area contributed by atoms with Crippen molar-refractivity contribution < 1.29 is 8.42 Å². The fraction of sp³-hybridized carbons (Fsp3) is 0.538. The summed E-state index contributed by atoms with van der Waals surface area (Å²) in [6.45, 7) is 4.77. The van der Waals surface area contributed by atoms with Gasteiger partial charge in [0.15, 0.2) is 0 Å². The van der Waals surface area contributed by atoms with E-state index in [0.717, 1.165) is 36.1 Å². The highest BCUT2D eigenvalue weighted by molar-refractivity contribution is 7.93. The monoisotopic (exact) mass is 253 g/mol. The summed E-state index contributed by atoms with van der Waals surface area (Å²) in [6.07, 6.45) is 2.48. The van der Waals surface area contributed by atoms with E-state index in [2.05, 4.69) is 13.8 Å². The molecule has 0 unspecified atom stereocenters. The summed E-state index contributed by atoms with van der Waals surface area (Å²) in [5.74, 6) is 0.286. The maximum absolute atomic E-state index is 12.0. The van der Waals surface area contributed by atoms with Gasteiger partial charge in [-0.1, -0.05) is 32.0 Å². The van der Waals surface area contributed by atoms with E-state index in [1.54, 1.807) is 4.31 Å². The van der Waals surface area contributed by atoms with E-state index in [0.29, 0.717) is 6.54 Å². The normalized spacial score (nSPS) is 18.6. The van der Waals surface area contributed by atoms with Crippen LogP contribution < -0.4 is 4.31 Å². The minimum absolute atomic E-state index is 0.286. The van der Waals surface area contributed by atoms with E-state index < -0.39 is 10.0 Å². The van der Waals surface area contributed by atoms with Crippen molar-refractivity contribution in [3.8, 4) is 0 Å². The lowest BCUT2D eigenvalue weighted by Gasteiger charge is -2.23. The summed E-state index contributed by atoms with van der Waals surface area (Å²) in [4.78, 5) is 0. The lowest BCUT2D eigenvalue weighted by Crippen LogP contribution is -2.27. The SMILES string of the molecule is CCc1cccc(CC)c1N1CCCS1(=O)=O. The zero-order chi connectivity index (χ0) is 12.5. The number of hydrogen-bond acceptors (Lipinski definition) is 2. The van der Waals surface area contributed by atoms with Gasteiger partial charge in [0.2, 0.25) is 10.0 Å². The van der Waals surface area contributed by atoms with Gasteiger partial charge in [0.1, 0.15) is 0 Å². The summed E-state index contributed by atoms with van der Waals surface area (Å²) in [5, 5.41) is 0. The molecular formula is C13H19NO2S. The van der Waals surface area contributed by atoms with Crippen LogP contribution in [-0.4, -0.2) is 20.7 Å². The molecule has 2 rings (SSSR count). The van der Waals surface area contributed by atoms with Crippen LogP contribution in [0.1, 0.15) is 31.4 Å². The molecule has 0 aromatic heterocycles. The molecule has 4 heteroatoms. The molecule has 1 heterocycles. The van der Waals surface area contributed by atoms with Crippen LogP contribution in [0.5, 0.6) is 0 Å². The molecular weight excluding hydrogens is 234 g/mol. The number of sulfonamides is 1. The zero-order valence-corrected chi connectivity index (χ0v) is 11.3. The standard InChI is InChI=1S/C13H19NO2S/c1-3-11-7-5-8-12(4-2)13(11)14-9-6-10-17(14,15)16/h5,7-8H,3-4,6,9-10H2,1-2H3. The number of benzene rings is 1. The van der Waals surface area contributed by atoms with E-state index in [-0.39, 0.29) is 5.75 Å². The molecule has 0 atom stereocenters. The second-order valence-electron chi connectivity index (χ2n) is 4.37. The Hall–Kier alpha value is -1.03. The Balaban J connectivity index is 2.57. The highest BCUT2D eigenvalue weighted by Crippen LogP contribution is 2.32. The second-order valence-corrected chi connectivity index (χ2v) is 6.39. The predicted octanol–water partition coefficient (Wildman–Crippen LogP) is 2.35. The van der Waals surface area contributed by atoms with E-state index in [4.69, 9.17) is 0 Å². The van der Waals surface area contributed by atoms with Gasteiger partial charge in [-0.25, -0.2) is 8.42 Å². The Morgan fingerprint density at radius 3 is 2.18 bits per heavy atom. The zero-order valence-electron chi connectivity index (χ0n) is 10.4. The third kappa shape index (κ3) is 2.18. The van der Waals surface area contributed by atoms with Crippen molar-refractivity contribution >= 4 is 15.7 Å². The first-order valence-electron chi connectivity index (χ1n) is 6.21. The Kier molecular flexibility index (Phi) is 3.43. The maximum atomic E-state index is 12.0. The van der Waals surface area contributed by atoms with E-state index >= 15 is 0 Å².